The highest BCUT2D eigenvalue weighted by Gasteiger charge is 2.30. The number of aryl methyl sites for hydroxylation is 1. The van der Waals surface area contributed by atoms with Crippen LogP contribution in [0.3, 0.4) is 0 Å². The van der Waals surface area contributed by atoms with E-state index in [9.17, 15) is 18.0 Å². The molecule has 1 aliphatic heterocycles. The Balaban J connectivity index is 1.40. The third kappa shape index (κ3) is 10.0. The first-order valence-corrected chi connectivity index (χ1v) is 15.9. The minimum Gasteiger partial charge on any atom is -0.486 e. The maximum atomic E-state index is 13.4. The summed E-state index contributed by atoms with van der Waals surface area (Å²) in [4.78, 5) is 25.9. The van der Waals surface area contributed by atoms with Crippen molar-refractivity contribution < 1.29 is 37.0 Å². The number of ether oxygens (including phenoxy) is 4. The van der Waals surface area contributed by atoms with Crippen LogP contribution in [0.15, 0.2) is 78.9 Å². The molecule has 0 bridgehead atoms. The van der Waals surface area contributed by atoms with Crippen LogP contribution in [-0.2, 0) is 32.6 Å². The predicted molar refractivity (Wildman–Crippen MR) is 162 cm³/mol. The van der Waals surface area contributed by atoms with Crippen LogP contribution in [-0.4, -0.2) is 51.5 Å². The molecule has 0 unspecified atom stereocenters. The summed E-state index contributed by atoms with van der Waals surface area (Å²) < 4.78 is 51.1. The molecule has 0 aromatic heterocycles. The maximum Gasteiger partial charge on any atom is 0.407 e. The van der Waals surface area contributed by atoms with Crippen LogP contribution in [0.2, 0.25) is 0 Å². The zero-order valence-electron chi connectivity index (χ0n) is 24.4. The van der Waals surface area contributed by atoms with Gasteiger partial charge >= 0.3 is 6.09 Å². The van der Waals surface area contributed by atoms with E-state index in [1.54, 1.807) is 18.2 Å². The molecule has 1 aliphatic rings. The summed E-state index contributed by atoms with van der Waals surface area (Å²) in [6.45, 7) is 3.59. The molecule has 3 aromatic carbocycles. The highest BCUT2D eigenvalue weighted by molar-refractivity contribution is 7.89. The number of hydrogen-bond acceptors (Lipinski definition) is 8. The van der Waals surface area contributed by atoms with Gasteiger partial charge < -0.3 is 24.3 Å². The molecule has 0 saturated carbocycles. The number of ketones is 1. The average molecular weight is 611 g/mol. The van der Waals surface area contributed by atoms with Gasteiger partial charge in [0.2, 0.25) is 16.8 Å². The van der Waals surface area contributed by atoms with Gasteiger partial charge in [-0.25, -0.2) is 17.9 Å². The van der Waals surface area contributed by atoms with E-state index in [1.807, 2.05) is 74.5 Å². The van der Waals surface area contributed by atoms with Gasteiger partial charge in [-0.3, -0.25) is 4.79 Å². The summed E-state index contributed by atoms with van der Waals surface area (Å²) in [7, 11) is -4.02. The lowest BCUT2D eigenvalue weighted by atomic mass is 10.0. The summed E-state index contributed by atoms with van der Waals surface area (Å²) in [6.07, 6.45) is 0.618. The Labute approximate surface area is 252 Å². The van der Waals surface area contributed by atoms with Gasteiger partial charge in [-0.2, -0.15) is 0 Å². The first kappa shape index (κ1) is 31.8. The monoisotopic (exact) mass is 610 g/mol. The molecule has 11 heteroatoms. The van der Waals surface area contributed by atoms with Crippen LogP contribution >= 0.6 is 0 Å². The summed E-state index contributed by atoms with van der Waals surface area (Å²) in [6, 6.07) is 21.9. The largest absolute Gasteiger partial charge is 0.486 e. The van der Waals surface area contributed by atoms with E-state index in [-0.39, 0.29) is 32.3 Å². The highest BCUT2D eigenvalue weighted by atomic mass is 32.2. The van der Waals surface area contributed by atoms with Gasteiger partial charge in [-0.05, 0) is 42.0 Å². The Bertz CT molecular complexity index is 1450. The van der Waals surface area contributed by atoms with Gasteiger partial charge in [0.05, 0.1) is 11.8 Å². The number of benzene rings is 3. The van der Waals surface area contributed by atoms with Crippen molar-refractivity contribution >= 4 is 21.9 Å². The molecule has 0 aliphatic carbocycles. The third-order valence-electron chi connectivity index (χ3n) is 7.25. The maximum absolute atomic E-state index is 13.4. The second-order valence-corrected chi connectivity index (χ2v) is 12.2. The summed E-state index contributed by atoms with van der Waals surface area (Å²) in [5.41, 5.74) is 1.78. The molecule has 0 saturated heterocycles. The summed E-state index contributed by atoms with van der Waals surface area (Å²) >= 11 is 0. The Hall–Kier alpha value is -4.09. The number of Topliss-reactive ketones (excluding diaryl/α,β-unsaturated/α-hetero) is 1. The topological polar surface area (TPSA) is 129 Å². The van der Waals surface area contributed by atoms with Crippen molar-refractivity contribution in [2.75, 3.05) is 19.2 Å². The molecule has 4 rings (SSSR count). The van der Waals surface area contributed by atoms with Gasteiger partial charge in [0.1, 0.15) is 19.0 Å². The smallest absolute Gasteiger partial charge is 0.407 e. The number of fused-ring (bicyclic) bond motifs is 1. The molecule has 0 spiro atoms. The van der Waals surface area contributed by atoms with Gasteiger partial charge in [-0.15, -0.1) is 0 Å². The van der Waals surface area contributed by atoms with Crippen molar-refractivity contribution in [1.82, 2.24) is 10.0 Å². The van der Waals surface area contributed by atoms with Crippen LogP contribution in [0, 0.1) is 5.92 Å². The van der Waals surface area contributed by atoms with E-state index in [0.29, 0.717) is 30.1 Å². The van der Waals surface area contributed by atoms with Gasteiger partial charge in [0.15, 0.2) is 17.3 Å². The minimum absolute atomic E-state index is 0.0599. The standard InChI is InChI=1S/C32H38N2O8S/c1-3-23(2)28(33-32(36)40-19-25-12-8-5-9-13-25)21-43(37,38)34-27(16-14-24-10-6-4-7-11-24)29(35)20-39-26-15-17-30-31(18-26)42-22-41-30/h4-13,15,17-18,23,27-28,34H,3,14,16,19-22H2,1-2H3,(H,33,36)/t23-,27+,28-/m1/s1. The Morgan fingerprint density at radius 3 is 2.30 bits per heavy atom. The molecule has 2 N–H and O–H groups in total. The number of carbonyl (C=O) groups excluding carboxylic acids is 2. The lowest BCUT2D eigenvalue weighted by Crippen LogP contribution is -2.50. The molecule has 0 radical (unpaired) electrons. The van der Waals surface area contributed by atoms with E-state index in [4.69, 9.17) is 18.9 Å². The number of rotatable bonds is 16. The molecular formula is C32H38N2O8S. The number of sulfonamides is 1. The number of carbonyl (C=O) groups is 2. The van der Waals surface area contributed by atoms with Crippen molar-refractivity contribution in [3.63, 3.8) is 0 Å². The fourth-order valence-corrected chi connectivity index (χ4v) is 6.18. The Kier molecular flexibility index (Phi) is 11.4. The Morgan fingerprint density at radius 2 is 1.60 bits per heavy atom. The molecule has 230 valence electrons. The van der Waals surface area contributed by atoms with Crippen molar-refractivity contribution in [1.29, 1.82) is 0 Å². The average Bonchev–Trinajstić information content (AvgIpc) is 3.49. The van der Waals surface area contributed by atoms with Crippen LogP contribution < -0.4 is 24.2 Å². The lowest BCUT2D eigenvalue weighted by molar-refractivity contribution is -0.122. The molecule has 0 fully saturated rings. The van der Waals surface area contributed by atoms with Crippen LogP contribution in [0.5, 0.6) is 17.2 Å². The quantitative estimate of drug-likeness (QED) is 0.240. The van der Waals surface area contributed by atoms with Crippen molar-refractivity contribution in [3.8, 4) is 17.2 Å². The molecule has 1 amide bonds. The number of alkyl carbamates (subject to hydrolysis) is 1. The highest BCUT2D eigenvalue weighted by Crippen LogP contribution is 2.35. The Morgan fingerprint density at radius 1 is 0.930 bits per heavy atom. The van der Waals surface area contributed by atoms with Crippen LogP contribution in [0.25, 0.3) is 0 Å². The van der Waals surface area contributed by atoms with E-state index in [0.717, 1.165) is 11.1 Å². The van der Waals surface area contributed by atoms with Gasteiger partial charge in [0, 0.05) is 12.1 Å². The van der Waals surface area contributed by atoms with E-state index in [2.05, 4.69) is 10.0 Å². The van der Waals surface area contributed by atoms with Crippen LogP contribution in [0.4, 0.5) is 4.79 Å². The zero-order valence-corrected chi connectivity index (χ0v) is 25.2. The fourth-order valence-electron chi connectivity index (χ4n) is 4.51. The van der Waals surface area contributed by atoms with Crippen molar-refractivity contribution in [2.45, 2.75) is 51.8 Å². The second kappa shape index (κ2) is 15.4. The minimum atomic E-state index is -4.02. The normalized spacial score (nSPS) is 14.4. The number of hydrogen-bond donors (Lipinski definition) is 2. The molecule has 3 atom stereocenters. The van der Waals surface area contributed by atoms with E-state index in [1.165, 1.54) is 0 Å². The SMILES string of the molecule is CC[C@@H](C)[C@@H](CS(=O)(=O)N[C@@H](CCc1ccccc1)C(=O)COc1ccc2c(c1)OCO2)NC(=O)OCc1ccccc1. The van der Waals surface area contributed by atoms with E-state index >= 15 is 0 Å². The molecule has 1 heterocycles. The number of nitrogens with one attached hydrogen (secondary N) is 2. The van der Waals surface area contributed by atoms with Crippen molar-refractivity contribution in [2.24, 2.45) is 5.92 Å². The number of amides is 1. The third-order valence-corrected chi connectivity index (χ3v) is 8.69. The molecule has 43 heavy (non-hydrogen) atoms. The fraction of sp³-hybridized carbons (Fsp3) is 0.375. The first-order valence-electron chi connectivity index (χ1n) is 14.3. The first-order chi connectivity index (χ1) is 20.7. The van der Waals surface area contributed by atoms with Gasteiger partial charge in [0.25, 0.3) is 0 Å². The molecule has 3 aromatic rings. The summed E-state index contributed by atoms with van der Waals surface area (Å²) in [5.74, 6) is 0.483. The molecule has 10 nitrogen and oxygen atoms in total. The molecular weight excluding hydrogens is 572 g/mol. The predicted octanol–water partition coefficient (Wildman–Crippen LogP) is 4.63. The van der Waals surface area contributed by atoms with Crippen LogP contribution in [0.1, 0.15) is 37.8 Å². The second-order valence-electron chi connectivity index (χ2n) is 10.4. The van der Waals surface area contributed by atoms with E-state index < -0.39 is 39.7 Å². The lowest BCUT2D eigenvalue weighted by Gasteiger charge is -2.25. The summed E-state index contributed by atoms with van der Waals surface area (Å²) in [5, 5.41) is 2.71. The van der Waals surface area contributed by atoms with Gasteiger partial charge in [-0.1, -0.05) is 80.9 Å². The zero-order chi connectivity index (χ0) is 30.7. The van der Waals surface area contributed by atoms with Crippen molar-refractivity contribution in [3.05, 3.63) is 90.0 Å².